The van der Waals surface area contributed by atoms with Crippen LogP contribution in [0, 0.1) is 23.2 Å². The van der Waals surface area contributed by atoms with Crippen molar-refractivity contribution >= 4 is 22.4 Å². The van der Waals surface area contributed by atoms with E-state index < -0.39 is 5.63 Å². The smallest absolute Gasteiger partial charge is 0.347 e. The summed E-state index contributed by atoms with van der Waals surface area (Å²) in [6.45, 7) is 6.02. The third-order valence-corrected chi connectivity index (χ3v) is 8.05. The van der Waals surface area contributed by atoms with Crippen LogP contribution >= 0.6 is 0 Å². The molecule has 0 saturated heterocycles. The lowest BCUT2D eigenvalue weighted by molar-refractivity contribution is 0.0668. The molecule has 29 heavy (non-hydrogen) atoms. The second kappa shape index (κ2) is 7.00. The van der Waals surface area contributed by atoms with Crippen molar-refractivity contribution in [3.8, 4) is 0 Å². The first-order valence-corrected chi connectivity index (χ1v) is 11.4. The van der Waals surface area contributed by atoms with Crippen molar-refractivity contribution in [3.63, 3.8) is 0 Å². The molecule has 3 aliphatic carbocycles. The lowest BCUT2D eigenvalue weighted by Crippen LogP contribution is -2.36. The molecular formula is C25H31NO3. The van der Waals surface area contributed by atoms with Gasteiger partial charge in [-0.25, -0.2) is 4.79 Å². The van der Waals surface area contributed by atoms with Crippen molar-refractivity contribution in [3.05, 3.63) is 40.2 Å². The molecular weight excluding hydrogens is 362 g/mol. The molecule has 0 aliphatic heterocycles. The van der Waals surface area contributed by atoms with E-state index in [-0.39, 0.29) is 16.8 Å². The summed E-state index contributed by atoms with van der Waals surface area (Å²) in [6.07, 6.45) is 8.04. The predicted octanol–water partition coefficient (Wildman–Crippen LogP) is 5.43. The minimum atomic E-state index is -0.465. The first-order chi connectivity index (χ1) is 14.0. The maximum Gasteiger partial charge on any atom is 0.347 e. The molecule has 0 amide bonds. The van der Waals surface area contributed by atoms with Crippen LogP contribution < -0.4 is 10.5 Å². The fourth-order valence-electron chi connectivity index (χ4n) is 6.76. The molecule has 154 valence electrons. The summed E-state index contributed by atoms with van der Waals surface area (Å²) in [5.74, 6) is 2.08. The largest absolute Gasteiger partial charge is 0.422 e. The minimum absolute atomic E-state index is 0.0556. The van der Waals surface area contributed by atoms with Gasteiger partial charge in [0.2, 0.25) is 0 Å². The monoisotopic (exact) mass is 393 g/mol. The molecule has 5 rings (SSSR count). The van der Waals surface area contributed by atoms with Gasteiger partial charge in [-0.1, -0.05) is 19.3 Å². The number of ketones is 1. The highest BCUT2D eigenvalue weighted by Crippen LogP contribution is 2.60. The van der Waals surface area contributed by atoms with Gasteiger partial charge >= 0.3 is 5.63 Å². The molecule has 0 N–H and O–H groups in total. The second-order valence-electron chi connectivity index (χ2n) is 9.62. The SMILES string of the molecule is CCN(CC)c1ccc2cc(C(=O)C34CC5CCCC(C3)C(C5)C4)c(=O)oc2c1. The van der Waals surface area contributed by atoms with Crippen LogP contribution in [0.25, 0.3) is 11.0 Å². The van der Waals surface area contributed by atoms with Crippen LogP contribution in [-0.2, 0) is 0 Å². The number of nitrogens with zero attached hydrogens (tertiary/aromatic N) is 1. The molecule has 1 aromatic carbocycles. The van der Waals surface area contributed by atoms with E-state index in [4.69, 9.17) is 4.42 Å². The maximum atomic E-state index is 13.7. The number of fused-ring (bicyclic) bond motifs is 3. The zero-order valence-electron chi connectivity index (χ0n) is 17.6. The van der Waals surface area contributed by atoms with Crippen LogP contribution in [0.4, 0.5) is 5.69 Å². The van der Waals surface area contributed by atoms with Crippen LogP contribution in [-0.4, -0.2) is 18.9 Å². The lowest BCUT2D eigenvalue weighted by Gasteiger charge is -2.36. The topological polar surface area (TPSA) is 50.5 Å². The molecule has 3 aliphatic rings. The number of Topliss-reactive ketones (excluding diaryl/α,β-unsaturated/α-hetero) is 1. The quantitative estimate of drug-likeness (QED) is 0.502. The number of benzene rings is 1. The molecule has 3 saturated carbocycles. The third-order valence-electron chi connectivity index (χ3n) is 8.05. The highest BCUT2D eigenvalue weighted by atomic mass is 16.4. The number of carbonyl (C=O) groups is 1. The van der Waals surface area contributed by atoms with Crippen molar-refractivity contribution in [1.82, 2.24) is 0 Å². The van der Waals surface area contributed by atoms with Gasteiger partial charge in [-0.3, -0.25) is 4.79 Å². The Balaban J connectivity index is 1.52. The van der Waals surface area contributed by atoms with E-state index in [1.165, 1.54) is 25.7 Å². The van der Waals surface area contributed by atoms with Crippen molar-refractivity contribution in [2.24, 2.45) is 23.2 Å². The molecule has 0 radical (unpaired) electrons. The molecule has 4 atom stereocenters. The average Bonchev–Trinajstić information content (AvgIpc) is 2.89. The summed E-state index contributed by atoms with van der Waals surface area (Å²) in [5.41, 5.74) is 1.10. The molecule has 1 heterocycles. The first kappa shape index (κ1) is 18.9. The van der Waals surface area contributed by atoms with Gasteiger partial charge < -0.3 is 9.32 Å². The van der Waals surface area contributed by atoms with Crippen LogP contribution in [0.15, 0.2) is 33.5 Å². The molecule has 3 fully saturated rings. The highest BCUT2D eigenvalue weighted by molar-refractivity contribution is 6.02. The Bertz CT molecular complexity index is 1000. The van der Waals surface area contributed by atoms with Gasteiger partial charge in [0.1, 0.15) is 11.1 Å². The van der Waals surface area contributed by atoms with E-state index in [0.717, 1.165) is 43.4 Å². The van der Waals surface area contributed by atoms with E-state index in [0.29, 0.717) is 23.3 Å². The Morgan fingerprint density at radius 1 is 1.10 bits per heavy atom. The van der Waals surface area contributed by atoms with E-state index in [2.05, 4.69) is 24.8 Å². The van der Waals surface area contributed by atoms with Crippen LogP contribution in [0.1, 0.15) is 69.2 Å². The van der Waals surface area contributed by atoms with Crippen LogP contribution in [0.5, 0.6) is 0 Å². The minimum Gasteiger partial charge on any atom is -0.422 e. The molecule has 4 heteroatoms. The van der Waals surface area contributed by atoms with E-state index >= 15 is 0 Å². The maximum absolute atomic E-state index is 13.7. The Kier molecular flexibility index (Phi) is 4.56. The van der Waals surface area contributed by atoms with Gasteiger partial charge in [0.25, 0.3) is 0 Å². The van der Waals surface area contributed by atoms with Crippen molar-refractivity contribution < 1.29 is 9.21 Å². The predicted molar refractivity (Wildman–Crippen MR) is 116 cm³/mol. The van der Waals surface area contributed by atoms with Crippen molar-refractivity contribution in [1.29, 1.82) is 0 Å². The van der Waals surface area contributed by atoms with Gasteiger partial charge in [0, 0.05) is 35.6 Å². The summed E-state index contributed by atoms with van der Waals surface area (Å²) < 4.78 is 5.68. The molecule has 4 unspecified atom stereocenters. The zero-order chi connectivity index (χ0) is 20.2. The van der Waals surface area contributed by atoms with Gasteiger partial charge in [0.05, 0.1) is 0 Å². The van der Waals surface area contributed by atoms with Gasteiger partial charge in [-0.2, -0.15) is 0 Å². The lowest BCUT2D eigenvalue weighted by atomic mass is 9.66. The third kappa shape index (κ3) is 3.03. The molecule has 3 bridgehead atoms. The average molecular weight is 394 g/mol. The molecule has 4 nitrogen and oxygen atoms in total. The number of hydrogen-bond acceptors (Lipinski definition) is 4. The summed E-state index contributed by atoms with van der Waals surface area (Å²) >= 11 is 0. The number of anilines is 1. The fourth-order valence-corrected chi connectivity index (χ4v) is 6.76. The Morgan fingerprint density at radius 3 is 2.69 bits per heavy atom. The molecule has 0 spiro atoms. The number of carbonyl (C=O) groups excluding carboxylic acids is 1. The second-order valence-corrected chi connectivity index (χ2v) is 9.62. The standard InChI is InChI=1S/C25H31NO3/c1-3-26(4-2)20-9-8-17-11-21(24(28)29-22(17)12-20)23(27)25-13-16-6-5-7-18(14-25)19(10-16)15-25/h8-9,11-12,16,18-19H,3-7,10,13-15H2,1-2H3. The normalized spacial score (nSPS) is 30.5. The molecule has 1 aromatic heterocycles. The number of rotatable bonds is 5. The summed E-state index contributed by atoms with van der Waals surface area (Å²) in [7, 11) is 0. The number of hydrogen-bond donors (Lipinski definition) is 0. The van der Waals surface area contributed by atoms with Crippen LogP contribution in [0.2, 0.25) is 0 Å². The highest BCUT2D eigenvalue weighted by Gasteiger charge is 2.55. The van der Waals surface area contributed by atoms with Gasteiger partial charge in [-0.15, -0.1) is 0 Å². The summed E-state index contributed by atoms with van der Waals surface area (Å²) in [6, 6.07) is 7.75. The summed E-state index contributed by atoms with van der Waals surface area (Å²) in [5, 5.41) is 0.839. The van der Waals surface area contributed by atoms with E-state index in [1.54, 1.807) is 6.07 Å². The Hall–Kier alpha value is -2.10. The van der Waals surface area contributed by atoms with Gasteiger partial charge in [0.15, 0.2) is 5.78 Å². The Labute approximate surface area is 172 Å². The van der Waals surface area contributed by atoms with E-state index in [9.17, 15) is 9.59 Å². The van der Waals surface area contributed by atoms with Crippen molar-refractivity contribution in [2.45, 2.75) is 58.8 Å². The first-order valence-electron chi connectivity index (χ1n) is 11.4. The zero-order valence-corrected chi connectivity index (χ0v) is 17.6. The van der Waals surface area contributed by atoms with Gasteiger partial charge in [-0.05, 0) is 75.5 Å². The molecule has 2 aromatic rings. The Morgan fingerprint density at radius 2 is 1.90 bits per heavy atom. The van der Waals surface area contributed by atoms with Crippen LogP contribution in [0.3, 0.4) is 0 Å². The van der Waals surface area contributed by atoms with Crippen molar-refractivity contribution in [2.75, 3.05) is 18.0 Å². The fraction of sp³-hybridized carbons (Fsp3) is 0.600. The summed E-state index contributed by atoms with van der Waals surface area (Å²) in [4.78, 5) is 28.7. The van der Waals surface area contributed by atoms with E-state index in [1.807, 2.05) is 12.1 Å².